The van der Waals surface area contributed by atoms with Gasteiger partial charge >= 0.3 is 12.1 Å². The largest absolute Gasteiger partial charge is 0.469 e. The van der Waals surface area contributed by atoms with Crippen molar-refractivity contribution in [3.8, 4) is 0 Å². The van der Waals surface area contributed by atoms with E-state index in [4.69, 9.17) is 4.74 Å². The fourth-order valence-electron chi connectivity index (χ4n) is 2.07. The summed E-state index contributed by atoms with van der Waals surface area (Å²) in [7, 11) is 1.29. The predicted molar refractivity (Wildman–Crippen MR) is 67.5 cm³/mol. The molecule has 0 bridgehead atoms. The smallest absolute Gasteiger partial charge is 0.407 e. The topological polar surface area (TPSA) is 81.7 Å². The second kappa shape index (κ2) is 6.04. The molecular formula is C13H21NO5. The Hall–Kier alpha value is -1.59. The van der Waals surface area contributed by atoms with Crippen LogP contribution in [0, 0.1) is 5.92 Å². The van der Waals surface area contributed by atoms with Crippen LogP contribution in [-0.2, 0) is 19.1 Å². The first-order valence-electron chi connectivity index (χ1n) is 6.30. The summed E-state index contributed by atoms with van der Waals surface area (Å²) in [5.41, 5.74) is -0.593. The molecule has 6 nitrogen and oxygen atoms in total. The summed E-state index contributed by atoms with van der Waals surface area (Å²) >= 11 is 0. The average Bonchev–Trinajstić information content (AvgIpc) is 2.24. The Morgan fingerprint density at radius 2 is 1.89 bits per heavy atom. The molecule has 1 aliphatic carbocycles. The van der Waals surface area contributed by atoms with Crippen molar-refractivity contribution in [2.45, 2.75) is 51.7 Å². The fourth-order valence-corrected chi connectivity index (χ4v) is 2.07. The van der Waals surface area contributed by atoms with Crippen molar-refractivity contribution in [2.75, 3.05) is 7.11 Å². The van der Waals surface area contributed by atoms with Crippen LogP contribution >= 0.6 is 0 Å². The zero-order valence-corrected chi connectivity index (χ0v) is 11.8. The Labute approximate surface area is 112 Å². The summed E-state index contributed by atoms with van der Waals surface area (Å²) in [5, 5.41) is 2.62. The van der Waals surface area contributed by atoms with Crippen LogP contribution in [0.25, 0.3) is 0 Å². The maximum Gasteiger partial charge on any atom is 0.407 e. The Balaban J connectivity index is 2.56. The van der Waals surface area contributed by atoms with Gasteiger partial charge in [-0.2, -0.15) is 0 Å². The Morgan fingerprint density at radius 1 is 1.26 bits per heavy atom. The van der Waals surface area contributed by atoms with Crippen molar-refractivity contribution in [3.05, 3.63) is 0 Å². The van der Waals surface area contributed by atoms with Gasteiger partial charge in [-0.1, -0.05) is 0 Å². The maximum atomic E-state index is 11.6. The first-order valence-corrected chi connectivity index (χ1v) is 6.30. The molecule has 0 aromatic carbocycles. The molecule has 0 heterocycles. The van der Waals surface area contributed by atoms with Gasteiger partial charge in [0.05, 0.1) is 13.0 Å². The molecule has 19 heavy (non-hydrogen) atoms. The van der Waals surface area contributed by atoms with E-state index in [2.05, 4.69) is 10.1 Å². The van der Waals surface area contributed by atoms with Crippen molar-refractivity contribution >= 4 is 17.8 Å². The van der Waals surface area contributed by atoms with Crippen molar-refractivity contribution in [1.29, 1.82) is 0 Å². The van der Waals surface area contributed by atoms with Gasteiger partial charge in [-0.05, 0) is 27.2 Å². The minimum absolute atomic E-state index is 0.0530. The third kappa shape index (κ3) is 5.28. The Kier molecular flexibility index (Phi) is 4.91. The highest BCUT2D eigenvalue weighted by atomic mass is 16.6. The molecule has 0 aromatic heterocycles. The van der Waals surface area contributed by atoms with E-state index in [-0.39, 0.29) is 24.7 Å². The molecule has 1 amide bonds. The molecule has 0 unspecified atom stereocenters. The lowest BCUT2D eigenvalue weighted by molar-refractivity contribution is -0.149. The molecule has 108 valence electrons. The molecule has 0 saturated heterocycles. The minimum Gasteiger partial charge on any atom is -0.469 e. The zero-order chi connectivity index (χ0) is 14.6. The van der Waals surface area contributed by atoms with E-state index < -0.39 is 23.6 Å². The maximum absolute atomic E-state index is 11.6. The number of carbonyl (C=O) groups excluding carboxylic acids is 3. The third-order valence-corrected chi connectivity index (χ3v) is 2.77. The van der Waals surface area contributed by atoms with Crippen LogP contribution in [0.15, 0.2) is 0 Å². The van der Waals surface area contributed by atoms with Gasteiger partial charge in [-0.25, -0.2) is 4.79 Å². The Bertz CT molecular complexity index is 372. The number of carbonyl (C=O) groups is 3. The number of nitrogens with one attached hydrogen (secondary N) is 1. The number of alkyl carbamates (subject to hydrolysis) is 1. The minimum atomic E-state index is -0.593. The highest BCUT2D eigenvalue weighted by Gasteiger charge is 2.33. The van der Waals surface area contributed by atoms with Crippen LogP contribution in [0.2, 0.25) is 0 Å². The van der Waals surface area contributed by atoms with E-state index in [0.29, 0.717) is 6.42 Å². The van der Waals surface area contributed by atoms with Crippen LogP contribution in [0.3, 0.4) is 0 Å². The summed E-state index contributed by atoms with van der Waals surface area (Å²) < 4.78 is 9.76. The number of Topliss-reactive ketones (excluding diaryl/α,β-unsaturated/α-hetero) is 1. The number of ketones is 1. The molecule has 1 N–H and O–H groups in total. The van der Waals surface area contributed by atoms with Crippen LogP contribution in [0.5, 0.6) is 0 Å². The van der Waals surface area contributed by atoms with Crippen molar-refractivity contribution < 1.29 is 23.9 Å². The van der Waals surface area contributed by atoms with Crippen LogP contribution in [0.1, 0.15) is 40.0 Å². The number of hydrogen-bond acceptors (Lipinski definition) is 5. The van der Waals surface area contributed by atoms with Gasteiger partial charge in [0.2, 0.25) is 0 Å². The predicted octanol–water partition coefficient (Wildman–Crippen LogP) is 1.42. The molecule has 2 atom stereocenters. The molecule has 0 spiro atoms. The van der Waals surface area contributed by atoms with Gasteiger partial charge < -0.3 is 14.8 Å². The standard InChI is InChI=1S/C13H21NO5/c1-13(2,3)19-12(17)14-9-5-8(11(16)18-4)6-10(15)7-9/h8-9H,5-7H2,1-4H3,(H,14,17)/t8-,9+/m0/s1. The average molecular weight is 271 g/mol. The number of rotatable bonds is 2. The number of ether oxygens (including phenoxy) is 2. The zero-order valence-electron chi connectivity index (χ0n) is 11.8. The lowest BCUT2D eigenvalue weighted by Gasteiger charge is -2.28. The SMILES string of the molecule is COC(=O)[C@@H]1CC(=O)C[C@H](NC(=O)OC(C)(C)C)C1. The van der Waals surface area contributed by atoms with Gasteiger partial charge in [0.1, 0.15) is 11.4 Å². The van der Waals surface area contributed by atoms with E-state index in [1.807, 2.05) is 0 Å². The van der Waals surface area contributed by atoms with E-state index >= 15 is 0 Å². The molecule has 0 aliphatic heterocycles. The highest BCUT2D eigenvalue weighted by Crippen LogP contribution is 2.23. The van der Waals surface area contributed by atoms with Crippen LogP contribution < -0.4 is 5.32 Å². The molecular weight excluding hydrogens is 250 g/mol. The Morgan fingerprint density at radius 3 is 2.42 bits per heavy atom. The fraction of sp³-hybridized carbons (Fsp3) is 0.769. The molecule has 1 fully saturated rings. The summed E-state index contributed by atoms with van der Waals surface area (Å²) in [5.74, 6) is -0.946. The normalized spacial score (nSPS) is 23.7. The van der Waals surface area contributed by atoms with Gasteiger partial charge in [0.15, 0.2) is 0 Å². The lowest BCUT2D eigenvalue weighted by atomic mass is 9.85. The van der Waals surface area contributed by atoms with Crippen molar-refractivity contribution in [1.82, 2.24) is 5.32 Å². The molecule has 1 aliphatic rings. The van der Waals surface area contributed by atoms with Gasteiger partial charge in [-0.3, -0.25) is 9.59 Å². The number of amides is 1. The van der Waals surface area contributed by atoms with E-state index in [9.17, 15) is 14.4 Å². The third-order valence-electron chi connectivity index (χ3n) is 2.77. The van der Waals surface area contributed by atoms with Crippen LogP contribution in [0.4, 0.5) is 4.79 Å². The molecule has 6 heteroatoms. The highest BCUT2D eigenvalue weighted by molar-refractivity contribution is 5.86. The summed E-state index contributed by atoms with van der Waals surface area (Å²) in [6.45, 7) is 5.28. The number of hydrogen-bond donors (Lipinski definition) is 1. The number of methoxy groups -OCH3 is 1. The second-order valence-corrected chi connectivity index (χ2v) is 5.75. The first-order chi connectivity index (χ1) is 8.71. The summed E-state index contributed by atoms with van der Waals surface area (Å²) in [6, 6.07) is -0.375. The number of esters is 1. The summed E-state index contributed by atoms with van der Waals surface area (Å²) in [6.07, 6.45) is 0.236. The van der Waals surface area contributed by atoms with Crippen molar-refractivity contribution in [3.63, 3.8) is 0 Å². The molecule has 1 rings (SSSR count). The van der Waals surface area contributed by atoms with E-state index in [0.717, 1.165) is 0 Å². The van der Waals surface area contributed by atoms with Gasteiger partial charge in [0, 0.05) is 18.9 Å². The monoisotopic (exact) mass is 271 g/mol. The van der Waals surface area contributed by atoms with Gasteiger partial charge in [0.25, 0.3) is 0 Å². The van der Waals surface area contributed by atoms with Crippen LogP contribution in [-0.4, -0.2) is 36.6 Å². The first kappa shape index (κ1) is 15.5. The van der Waals surface area contributed by atoms with E-state index in [1.165, 1.54) is 7.11 Å². The van der Waals surface area contributed by atoms with E-state index in [1.54, 1.807) is 20.8 Å². The molecule has 0 aromatic rings. The molecule has 0 radical (unpaired) electrons. The molecule has 1 saturated carbocycles. The second-order valence-electron chi connectivity index (χ2n) is 5.75. The lowest BCUT2D eigenvalue weighted by Crippen LogP contribution is -2.44. The summed E-state index contributed by atoms with van der Waals surface area (Å²) in [4.78, 5) is 34.6. The van der Waals surface area contributed by atoms with Gasteiger partial charge in [-0.15, -0.1) is 0 Å². The van der Waals surface area contributed by atoms with Crippen molar-refractivity contribution in [2.24, 2.45) is 5.92 Å². The quantitative estimate of drug-likeness (QED) is 0.768.